The topological polar surface area (TPSA) is 41.6 Å². The first kappa shape index (κ1) is 17.8. The van der Waals surface area contributed by atoms with Crippen molar-refractivity contribution in [2.75, 3.05) is 25.0 Å². The minimum atomic E-state index is -0.0856. The summed E-state index contributed by atoms with van der Waals surface area (Å²) in [4.78, 5) is 15.1. The number of Topliss-reactive ketones (excluding diaryl/α,β-unsaturated/α-hetero) is 1. The molecular weight excluding hydrogens is 288 g/mol. The Labute approximate surface area is 140 Å². The molecule has 1 N–H and O–H groups in total. The number of likely N-dealkylation sites (N-methyl/N-ethyl adjacent to an activating group) is 1. The fourth-order valence-corrected chi connectivity index (χ4v) is 2.99. The normalized spacial score (nSPS) is 18.0. The molecule has 1 aliphatic heterocycles. The Morgan fingerprint density at radius 1 is 1.39 bits per heavy atom. The van der Waals surface area contributed by atoms with E-state index in [1.165, 1.54) is 0 Å². The number of ether oxygens (including phenoxy) is 1. The Morgan fingerprint density at radius 3 is 2.83 bits per heavy atom. The first-order valence-electron chi connectivity index (χ1n) is 8.93. The van der Waals surface area contributed by atoms with Crippen molar-refractivity contribution >= 4 is 11.5 Å². The van der Waals surface area contributed by atoms with Crippen LogP contribution in [0.3, 0.4) is 0 Å². The van der Waals surface area contributed by atoms with Crippen LogP contribution in [0.5, 0.6) is 5.75 Å². The van der Waals surface area contributed by atoms with E-state index in [-0.39, 0.29) is 17.9 Å². The van der Waals surface area contributed by atoms with Gasteiger partial charge in [0.1, 0.15) is 11.9 Å². The zero-order valence-electron chi connectivity index (χ0n) is 14.9. The Balaban J connectivity index is 2.10. The first-order chi connectivity index (χ1) is 11.1. The average molecular weight is 318 g/mol. The predicted molar refractivity (Wildman–Crippen MR) is 95.6 cm³/mol. The van der Waals surface area contributed by atoms with Crippen LogP contribution in [0.15, 0.2) is 18.2 Å². The van der Waals surface area contributed by atoms with Crippen molar-refractivity contribution < 1.29 is 9.53 Å². The van der Waals surface area contributed by atoms with Crippen LogP contribution in [0.25, 0.3) is 0 Å². The van der Waals surface area contributed by atoms with Crippen molar-refractivity contribution in [3.63, 3.8) is 0 Å². The van der Waals surface area contributed by atoms with Crippen LogP contribution in [0.2, 0.25) is 0 Å². The molecule has 2 rings (SSSR count). The summed E-state index contributed by atoms with van der Waals surface area (Å²) in [5.41, 5.74) is 1.70. The van der Waals surface area contributed by atoms with E-state index in [2.05, 4.69) is 31.0 Å². The van der Waals surface area contributed by atoms with Gasteiger partial charge in [-0.1, -0.05) is 27.2 Å². The maximum absolute atomic E-state index is 12.8. The number of rotatable bonds is 8. The number of nitrogens with one attached hydrogen (secondary N) is 1. The molecule has 0 spiro atoms. The number of benzene rings is 1. The number of ketones is 1. The molecule has 23 heavy (non-hydrogen) atoms. The molecule has 1 aromatic rings. The molecule has 0 saturated heterocycles. The monoisotopic (exact) mass is 318 g/mol. The lowest BCUT2D eigenvalue weighted by molar-refractivity contribution is 0.0843. The minimum absolute atomic E-state index is 0.0856. The highest BCUT2D eigenvalue weighted by molar-refractivity contribution is 6.01. The molecule has 1 aliphatic rings. The standard InChI is InChI=1S/C19H30N2O2/c1-5-8-11-21(7-3)14(4)19(22)15-9-10-18-17(12-15)20-13-16(6-2)23-18/h9-10,12,14,16,20H,5-8,11,13H2,1-4H3. The van der Waals surface area contributed by atoms with Crippen LogP contribution in [0, 0.1) is 0 Å². The van der Waals surface area contributed by atoms with Gasteiger partial charge in [0.25, 0.3) is 0 Å². The lowest BCUT2D eigenvalue weighted by atomic mass is 10.0. The van der Waals surface area contributed by atoms with Crippen LogP contribution in [-0.4, -0.2) is 42.5 Å². The molecule has 128 valence electrons. The van der Waals surface area contributed by atoms with Gasteiger partial charge in [-0.25, -0.2) is 0 Å². The smallest absolute Gasteiger partial charge is 0.179 e. The summed E-state index contributed by atoms with van der Waals surface area (Å²) in [6.07, 6.45) is 3.47. The summed E-state index contributed by atoms with van der Waals surface area (Å²) in [6, 6.07) is 5.67. The largest absolute Gasteiger partial charge is 0.486 e. The molecule has 0 amide bonds. The Morgan fingerprint density at radius 2 is 2.17 bits per heavy atom. The van der Waals surface area contributed by atoms with Crippen LogP contribution >= 0.6 is 0 Å². The molecule has 0 saturated carbocycles. The van der Waals surface area contributed by atoms with Crippen LogP contribution < -0.4 is 10.1 Å². The van der Waals surface area contributed by atoms with Crippen LogP contribution in [0.1, 0.15) is 57.3 Å². The number of carbonyl (C=O) groups excluding carboxylic acids is 1. The summed E-state index contributed by atoms with van der Waals surface area (Å²) >= 11 is 0. The lowest BCUT2D eigenvalue weighted by Gasteiger charge is -2.28. The Bertz CT molecular complexity index is 530. The molecule has 4 heteroatoms. The summed E-state index contributed by atoms with van der Waals surface area (Å²) in [5.74, 6) is 1.04. The highest BCUT2D eigenvalue weighted by Gasteiger charge is 2.23. The summed E-state index contributed by atoms with van der Waals surface area (Å²) in [7, 11) is 0. The highest BCUT2D eigenvalue weighted by atomic mass is 16.5. The van der Waals surface area contributed by atoms with Crippen LogP contribution in [-0.2, 0) is 0 Å². The zero-order valence-corrected chi connectivity index (χ0v) is 14.9. The van der Waals surface area contributed by atoms with Gasteiger partial charge in [-0.2, -0.15) is 0 Å². The molecule has 1 heterocycles. The third kappa shape index (κ3) is 4.25. The SMILES string of the molecule is CCCCN(CC)C(C)C(=O)c1ccc2c(c1)NCC(CC)O2. The Hall–Kier alpha value is -1.55. The molecule has 0 fully saturated rings. The second-order valence-corrected chi connectivity index (χ2v) is 6.26. The highest BCUT2D eigenvalue weighted by Crippen LogP contribution is 2.31. The van der Waals surface area contributed by atoms with Crippen molar-refractivity contribution in [2.45, 2.75) is 59.1 Å². The maximum atomic E-state index is 12.8. The van der Waals surface area contributed by atoms with E-state index >= 15 is 0 Å². The Kier molecular flexibility index (Phi) is 6.46. The second kappa shape index (κ2) is 8.34. The van der Waals surface area contributed by atoms with Gasteiger partial charge in [-0.3, -0.25) is 9.69 Å². The summed E-state index contributed by atoms with van der Waals surface area (Å²) in [6.45, 7) is 11.1. The van der Waals surface area contributed by atoms with Gasteiger partial charge in [0.05, 0.1) is 18.3 Å². The third-order valence-corrected chi connectivity index (χ3v) is 4.67. The maximum Gasteiger partial charge on any atom is 0.179 e. The fraction of sp³-hybridized carbons (Fsp3) is 0.632. The number of unbranched alkanes of at least 4 members (excludes halogenated alkanes) is 1. The van der Waals surface area contributed by atoms with E-state index in [9.17, 15) is 4.79 Å². The molecule has 0 aromatic heterocycles. The first-order valence-corrected chi connectivity index (χ1v) is 8.93. The van der Waals surface area contributed by atoms with Gasteiger partial charge in [0.2, 0.25) is 0 Å². The van der Waals surface area contributed by atoms with E-state index in [0.29, 0.717) is 0 Å². The predicted octanol–water partition coefficient (Wildman–Crippen LogP) is 3.96. The van der Waals surface area contributed by atoms with Crippen molar-refractivity contribution in [1.29, 1.82) is 0 Å². The number of hydrogen-bond donors (Lipinski definition) is 1. The number of carbonyl (C=O) groups is 1. The van der Waals surface area contributed by atoms with Crippen molar-refractivity contribution in [3.8, 4) is 5.75 Å². The number of anilines is 1. The minimum Gasteiger partial charge on any atom is -0.486 e. The van der Waals surface area contributed by atoms with Gasteiger partial charge >= 0.3 is 0 Å². The molecule has 1 aromatic carbocycles. The van der Waals surface area contributed by atoms with Gasteiger partial charge in [0.15, 0.2) is 5.78 Å². The van der Waals surface area contributed by atoms with E-state index in [1.807, 2.05) is 25.1 Å². The second-order valence-electron chi connectivity index (χ2n) is 6.26. The lowest BCUT2D eigenvalue weighted by Crippen LogP contribution is -2.39. The zero-order chi connectivity index (χ0) is 16.8. The van der Waals surface area contributed by atoms with Crippen LogP contribution in [0.4, 0.5) is 5.69 Å². The third-order valence-electron chi connectivity index (χ3n) is 4.67. The van der Waals surface area contributed by atoms with Gasteiger partial charge in [0, 0.05) is 5.56 Å². The number of fused-ring (bicyclic) bond motifs is 1. The molecule has 2 atom stereocenters. The van der Waals surface area contributed by atoms with Crippen molar-refractivity contribution in [2.24, 2.45) is 0 Å². The number of nitrogens with zero attached hydrogens (tertiary/aromatic N) is 1. The van der Waals surface area contributed by atoms with Gasteiger partial charge in [-0.05, 0) is 51.1 Å². The van der Waals surface area contributed by atoms with E-state index in [4.69, 9.17) is 4.74 Å². The summed E-state index contributed by atoms with van der Waals surface area (Å²) in [5, 5.41) is 3.38. The van der Waals surface area contributed by atoms with Gasteiger partial charge < -0.3 is 10.1 Å². The molecule has 0 radical (unpaired) electrons. The fourth-order valence-electron chi connectivity index (χ4n) is 2.99. The number of hydrogen-bond acceptors (Lipinski definition) is 4. The van der Waals surface area contributed by atoms with Crippen molar-refractivity contribution in [3.05, 3.63) is 23.8 Å². The molecule has 0 bridgehead atoms. The molecule has 4 nitrogen and oxygen atoms in total. The average Bonchev–Trinajstić information content (AvgIpc) is 2.60. The molecular formula is C19H30N2O2. The van der Waals surface area contributed by atoms with E-state index in [0.717, 1.165) is 55.9 Å². The van der Waals surface area contributed by atoms with E-state index < -0.39 is 0 Å². The molecule has 2 unspecified atom stereocenters. The van der Waals surface area contributed by atoms with Crippen molar-refractivity contribution in [1.82, 2.24) is 4.90 Å². The van der Waals surface area contributed by atoms with E-state index in [1.54, 1.807) is 0 Å². The molecule has 0 aliphatic carbocycles. The summed E-state index contributed by atoms with van der Waals surface area (Å²) < 4.78 is 5.91. The van der Waals surface area contributed by atoms with Gasteiger partial charge in [-0.15, -0.1) is 0 Å². The quantitative estimate of drug-likeness (QED) is 0.737.